The summed E-state index contributed by atoms with van der Waals surface area (Å²) in [5.41, 5.74) is 4.61. The van der Waals surface area contributed by atoms with Gasteiger partial charge in [0.1, 0.15) is 5.84 Å². The van der Waals surface area contributed by atoms with E-state index in [1.165, 1.54) is 5.56 Å². The van der Waals surface area contributed by atoms with Gasteiger partial charge in [0.2, 0.25) is 0 Å². The van der Waals surface area contributed by atoms with Gasteiger partial charge >= 0.3 is 0 Å². The zero-order chi connectivity index (χ0) is 22.6. The SMILES string of the molecule is CC1=CNC(NC2=CCC(OC3CCNCC3)C=C2)N=C1Nc1cccc(C(C)(C)C)c1. The second-order valence-corrected chi connectivity index (χ2v) is 9.85. The van der Waals surface area contributed by atoms with Crippen molar-refractivity contribution in [2.75, 3.05) is 18.4 Å². The molecule has 172 valence electrons. The molecule has 1 aromatic rings. The van der Waals surface area contributed by atoms with Crippen molar-refractivity contribution >= 4 is 11.5 Å². The van der Waals surface area contributed by atoms with Gasteiger partial charge in [-0.3, -0.25) is 0 Å². The first kappa shape index (κ1) is 22.6. The molecule has 2 unspecified atom stereocenters. The summed E-state index contributed by atoms with van der Waals surface area (Å²) in [6.45, 7) is 10.9. The van der Waals surface area contributed by atoms with E-state index in [2.05, 4.69) is 91.5 Å². The van der Waals surface area contributed by atoms with Gasteiger partial charge in [0.05, 0.1) is 12.2 Å². The van der Waals surface area contributed by atoms with E-state index in [0.29, 0.717) is 6.10 Å². The number of nitrogens with zero attached hydrogens (tertiary/aromatic N) is 1. The Bertz CT molecular complexity index is 918. The van der Waals surface area contributed by atoms with Gasteiger partial charge in [-0.25, -0.2) is 4.99 Å². The molecule has 1 aliphatic carbocycles. The molecule has 0 saturated carbocycles. The third-order valence-corrected chi connectivity index (χ3v) is 6.10. The molecule has 2 atom stereocenters. The Labute approximate surface area is 192 Å². The molecule has 1 aromatic carbocycles. The summed E-state index contributed by atoms with van der Waals surface area (Å²) in [5, 5.41) is 13.7. The molecule has 6 heteroatoms. The number of ether oxygens (including phenoxy) is 1. The third kappa shape index (κ3) is 6.02. The number of hydrogen-bond acceptors (Lipinski definition) is 6. The van der Waals surface area contributed by atoms with Crippen molar-refractivity contribution in [1.29, 1.82) is 0 Å². The molecule has 2 aliphatic heterocycles. The average molecular weight is 436 g/mol. The number of allylic oxidation sites excluding steroid dienone is 1. The highest BCUT2D eigenvalue weighted by Crippen LogP contribution is 2.25. The molecule has 3 aliphatic rings. The lowest BCUT2D eigenvalue weighted by atomic mass is 9.87. The van der Waals surface area contributed by atoms with Crippen molar-refractivity contribution in [2.24, 2.45) is 4.99 Å². The van der Waals surface area contributed by atoms with E-state index >= 15 is 0 Å². The molecule has 0 aromatic heterocycles. The van der Waals surface area contributed by atoms with Crippen LogP contribution in [0.25, 0.3) is 0 Å². The van der Waals surface area contributed by atoms with Crippen LogP contribution in [0.15, 0.2) is 65.0 Å². The van der Waals surface area contributed by atoms with E-state index in [-0.39, 0.29) is 17.8 Å². The van der Waals surface area contributed by atoms with Crippen molar-refractivity contribution in [3.8, 4) is 0 Å². The number of piperidine rings is 1. The first-order chi connectivity index (χ1) is 15.4. The molecule has 0 bridgehead atoms. The summed E-state index contributed by atoms with van der Waals surface area (Å²) >= 11 is 0. The number of anilines is 1. The zero-order valence-electron chi connectivity index (χ0n) is 19.7. The summed E-state index contributed by atoms with van der Waals surface area (Å²) in [6, 6.07) is 8.56. The molecular weight excluding hydrogens is 398 g/mol. The number of amidine groups is 1. The summed E-state index contributed by atoms with van der Waals surface area (Å²) in [6.07, 6.45) is 11.9. The van der Waals surface area contributed by atoms with Crippen LogP contribution in [0, 0.1) is 0 Å². The largest absolute Gasteiger partial charge is 0.370 e. The summed E-state index contributed by atoms with van der Waals surface area (Å²) < 4.78 is 6.24. The van der Waals surface area contributed by atoms with E-state index in [1.807, 2.05) is 6.20 Å². The highest BCUT2D eigenvalue weighted by Gasteiger charge is 2.20. The Morgan fingerprint density at radius 2 is 1.97 bits per heavy atom. The van der Waals surface area contributed by atoms with Crippen LogP contribution in [0.2, 0.25) is 0 Å². The molecule has 1 fully saturated rings. The van der Waals surface area contributed by atoms with Crippen LogP contribution in [0.5, 0.6) is 0 Å². The van der Waals surface area contributed by atoms with Crippen LogP contribution in [-0.4, -0.2) is 37.4 Å². The summed E-state index contributed by atoms with van der Waals surface area (Å²) in [7, 11) is 0. The lowest BCUT2D eigenvalue weighted by Gasteiger charge is -2.28. The van der Waals surface area contributed by atoms with Crippen molar-refractivity contribution in [3.05, 3.63) is 65.5 Å². The topological polar surface area (TPSA) is 69.7 Å². The van der Waals surface area contributed by atoms with E-state index in [4.69, 9.17) is 9.73 Å². The second-order valence-electron chi connectivity index (χ2n) is 9.85. The maximum Gasteiger partial charge on any atom is 0.196 e. The van der Waals surface area contributed by atoms with E-state index in [0.717, 1.165) is 55.1 Å². The number of aliphatic imine (C=N–C) groups is 1. The van der Waals surface area contributed by atoms with E-state index in [9.17, 15) is 0 Å². The lowest BCUT2D eigenvalue weighted by Crippen LogP contribution is -2.42. The molecule has 4 N–H and O–H groups in total. The molecular formula is C26H37N5O. The standard InChI is InChI=1S/C26H37N5O/c1-18-17-28-25(31-24(18)29-21-7-5-6-19(16-21)26(2,3)4)30-20-8-10-22(11-9-20)32-23-12-14-27-15-13-23/h5-10,16-17,22-23,25,27-28,30H,11-15H2,1-4H3,(H,29,31). The summed E-state index contributed by atoms with van der Waals surface area (Å²) in [5.74, 6) is 0.875. The molecule has 0 spiro atoms. The number of benzene rings is 1. The van der Waals surface area contributed by atoms with Gasteiger partial charge in [0, 0.05) is 23.2 Å². The minimum atomic E-state index is -0.218. The third-order valence-electron chi connectivity index (χ3n) is 6.10. The normalized spacial score (nSPS) is 24.2. The smallest absolute Gasteiger partial charge is 0.196 e. The molecule has 4 rings (SSSR count). The van der Waals surface area contributed by atoms with Gasteiger partial charge in [0.25, 0.3) is 0 Å². The van der Waals surface area contributed by atoms with Crippen LogP contribution in [0.4, 0.5) is 5.69 Å². The summed E-state index contributed by atoms with van der Waals surface area (Å²) in [4.78, 5) is 4.86. The van der Waals surface area contributed by atoms with Crippen LogP contribution >= 0.6 is 0 Å². The van der Waals surface area contributed by atoms with Gasteiger partial charge in [-0.05, 0) is 68.5 Å². The Hall–Kier alpha value is -2.57. The highest BCUT2D eigenvalue weighted by atomic mass is 16.5. The maximum atomic E-state index is 6.24. The number of rotatable bonds is 5. The molecule has 6 nitrogen and oxygen atoms in total. The minimum Gasteiger partial charge on any atom is -0.370 e. The van der Waals surface area contributed by atoms with Gasteiger partial charge < -0.3 is 26.0 Å². The Balaban J connectivity index is 1.34. The van der Waals surface area contributed by atoms with Gasteiger partial charge in [-0.15, -0.1) is 0 Å². The first-order valence-corrected chi connectivity index (χ1v) is 11.8. The predicted octanol–water partition coefficient (Wildman–Crippen LogP) is 4.16. The Morgan fingerprint density at radius 1 is 1.16 bits per heavy atom. The Kier molecular flexibility index (Phi) is 7.01. The Morgan fingerprint density at radius 3 is 2.69 bits per heavy atom. The molecule has 2 heterocycles. The van der Waals surface area contributed by atoms with Crippen molar-refractivity contribution in [1.82, 2.24) is 16.0 Å². The monoisotopic (exact) mass is 435 g/mol. The van der Waals surface area contributed by atoms with Crippen LogP contribution in [-0.2, 0) is 10.2 Å². The highest BCUT2D eigenvalue weighted by molar-refractivity contribution is 6.08. The first-order valence-electron chi connectivity index (χ1n) is 11.8. The number of hydrogen-bond donors (Lipinski definition) is 4. The van der Waals surface area contributed by atoms with Crippen LogP contribution in [0.3, 0.4) is 0 Å². The van der Waals surface area contributed by atoms with Crippen LogP contribution in [0.1, 0.15) is 52.5 Å². The molecule has 0 radical (unpaired) electrons. The molecule has 0 amide bonds. The van der Waals surface area contributed by atoms with E-state index in [1.54, 1.807) is 0 Å². The molecule has 32 heavy (non-hydrogen) atoms. The fourth-order valence-electron chi connectivity index (χ4n) is 4.09. The lowest BCUT2D eigenvalue weighted by molar-refractivity contribution is -0.00235. The average Bonchev–Trinajstić information content (AvgIpc) is 2.78. The fourth-order valence-corrected chi connectivity index (χ4v) is 4.09. The predicted molar refractivity (Wildman–Crippen MR) is 133 cm³/mol. The van der Waals surface area contributed by atoms with Gasteiger partial charge in [-0.1, -0.05) is 45.1 Å². The van der Waals surface area contributed by atoms with Crippen molar-refractivity contribution in [3.63, 3.8) is 0 Å². The minimum absolute atomic E-state index is 0.109. The van der Waals surface area contributed by atoms with Gasteiger partial charge in [-0.2, -0.15) is 0 Å². The molecule has 1 saturated heterocycles. The fraction of sp³-hybridized carbons (Fsp3) is 0.500. The van der Waals surface area contributed by atoms with E-state index < -0.39 is 0 Å². The maximum absolute atomic E-state index is 6.24. The van der Waals surface area contributed by atoms with Gasteiger partial charge in [0.15, 0.2) is 6.29 Å². The van der Waals surface area contributed by atoms with Crippen LogP contribution < -0.4 is 21.3 Å². The van der Waals surface area contributed by atoms with Crippen molar-refractivity contribution < 1.29 is 4.74 Å². The number of nitrogens with one attached hydrogen (secondary N) is 4. The second kappa shape index (κ2) is 9.92. The quantitative estimate of drug-likeness (QED) is 0.559. The zero-order valence-corrected chi connectivity index (χ0v) is 19.7. The van der Waals surface area contributed by atoms with Crippen molar-refractivity contribution in [2.45, 2.75) is 70.9 Å².